The lowest BCUT2D eigenvalue weighted by atomic mass is 10.2. The van der Waals surface area contributed by atoms with Gasteiger partial charge in [-0.3, -0.25) is 4.99 Å². The summed E-state index contributed by atoms with van der Waals surface area (Å²) in [5, 5.41) is 0. The van der Waals surface area contributed by atoms with Crippen molar-refractivity contribution in [1.29, 1.82) is 0 Å². The van der Waals surface area contributed by atoms with Gasteiger partial charge in [0.15, 0.2) is 0 Å². The van der Waals surface area contributed by atoms with E-state index < -0.39 is 0 Å². The standard InChI is InChI=1S/C17H18INO/c1-2-3-12-20-17-10-4-14(5-11-17)13-19-16-8-6-15(18)7-9-16/h4-11,13H,2-3,12H2,1H3. The van der Waals surface area contributed by atoms with Gasteiger partial charge in [0.2, 0.25) is 0 Å². The average Bonchev–Trinajstić information content (AvgIpc) is 2.48. The maximum absolute atomic E-state index is 5.63. The topological polar surface area (TPSA) is 21.6 Å². The van der Waals surface area contributed by atoms with Crippen LogP contribution in [0.3, 0.4) is 0 Å². The van der Waals surface area contributed by atoms with Crippen LogP contribution < -0.4 is 4.74 Å². The minimum absolute atomic E-state index is 0.784. The van der Waals surface area contributed by atoms with Crippen molar-refractivity contribution in [1.82, 2.24) is 0 Å². The summed E-state index contributed by atoms with van der Waals surface area (Å²) in [4.78, 5) is 4.45. The number of hydrogen-bond acceptors (Lipinski definition) is 2. The fourth-order valence-corrected chi connectivity index (χ4v) is 2.02. The molecule has 20 heavy (non-hydrogen) atoms. The van der Waals surface area contributed by atoms with Crippen molar-refractivity contribution in [3.63, 3.8) is 0 Å². The van der Waals surface area contributed by atoms with E-state index in [1.54, 1.807) is 0 Å². The maximum Gasteiger partial charge on any atom is 0.119 e. The molecule has 0 aliphatic heterocycles. The second-order valence-corrected chi connectivity index (χ2v) is 5.75. The summed E-state index contributed by atoms with van der Waals surface area (Å²) in [7, 11) is 0. The third-order valence-electron chi connectivity index (χ3n) is 2.84. The van der Waals surface area contributed by atoms with E-state index >= 15 is 0 Å². The van der Waals surface area contributed by atoms with Crippen molar-refractivity contribution in [2.75, 3.05) is 6.61 Å². The molecule has 2 aromatic rings. The van der Waals surface area contributed by atoms with Gasteiger partial charge in [-0.1, -0.05) is 13.3 Å². The highest BCUT2D eigenvalue weighted by molar-refractivity contribution is 14.1. The number of aliphatic imine (C=N–C) groups is 1. The smallest absolute Gasteiger partial charge is 0.119 e. The van der Waals surface area contributed by atoms with Crippen LogP contribution in [0.15, 0.2) is 53.5 Å². The third kappa shape index (κ3) is 4.96. The molecule has 0 fully saturated rings. The van der Waals surface area contributed by atoms with Crippen molar-refractivity contribution in [3.8, 4) is 5.75 Å². The van der Waals surface area contributed by atoms with Crippen LogP contribution >= 0.6 is 22.6 Å². The van der Waals surface area contributed by atoms with E-state index in [0.717, 1.165) is 36.4 Å². The van der Waals surface area contributed by atoms with Gasteiger partial charge in [0.25, 0.3) is 0 Å². The normalized spacial score (nSPS) is 10.9. The fourth-order valence-electron chi connectivity index (χ4n) is 1.66. The summed E-state index contributed by atoms with van der Waals surface area (Å²) in [5.41, 5.74) is 2.04. The van der Waals surface area contributed by atoms with E-state index in [1.165, 1.54) is 3.57 Å². The van der Waals surface area contributed by atoms with Crippen molar-refractivity contribution in [3.05, 3.63) is 57.7 Å². The van der Waals surface area contributed by atoms with Crippen molar-refractivity contribution in [2.24, 2.45) is 4.99 Å². The van der Waals surface area contributed by atoms with E-state index in [4.69, 9.17) is 4.74 Å². The number of rotatable bonds is 6. The van der Waals surface area contributed by atoms with Crippen LogP contribution in [0.5, 0.6) is 5.75 Å². The number of nitrogens with zero attached hydrogens (tertiary/aromatic N) is 1. The zero-order valence-corrected chi connectivity index (χ0v) is 13.7. The van der Waals surface area contributed by atoms with Crippen LogP contribution in [0, 0.1) is 3.57 Å². The Morgan fingerprint density at radius 2 is 1.75 bits per heavy atom. The van der Waals surface area contributed by atoms with Gasteiger partial charge >= 0.3 is 0 Å². The number of halogens is 1. The first-order valence-electron chi connectivity index (χ1n) is 6.80. The predicted molar refractivity (Wildman–Crippen MR) is 93.3 cm³/mol. The van der Waals surface area contributed by atoms with Crippen LogP contribution in [0.1, 0.15) is 25.3 Å². The molecule has 2 rings (SSSR count). The molecule has 0 saturated heterocycles. The molecule has 104 valence electrons. The molecule has 0 N–H and O–H groups in total. The zero-order valence-electron chi connectivity index (χ0n) is 11.6. The van der Waals surface area contributed by atoms with Crippen molar-refractivity contribution < 1.29 is 4.74 Å². The van der Waals surface area contributed by atoms with Crippen LogP contribution in [0.25, 0.3) is 0 Å². The van der Waals surface area contributed by atoms with Gasteiger partial charge in [0.1, 0.15) is 5.75 Å². The van der Waals surface area contributed by atoms with E-state index in [0.29, 0.717) is 0 Å². The third-order valence-corrected chi connectivity index (χ3v) is 3.56. The molecule has 3 heteroatoms. The summed E-state index contributed by atoms with van der Waals surface area (Å²) in [6, 6.07) is 16.2. The number of unbranched alkanes of at least 4 members (excludes halogenated alkanes) is 1. The molecule has 0 spiro atoms. The van der Waals surface area contributed by atoms with Gasteiger partial charge < -0.3 is 4.74 Å². The molecule has 0 heterocycles. The Balaban J connectivity index is 1.94. The molecule has 0 aromatic heterocycles. The summed E-state index contributed by atoms with van der Waals surface area (Å²) < 4.78 is 6.85. The number of ether oxygens (including phenoxy) is 1. The van der Waals surface area contributed by atoms with E-state index in [1.807, 2.05) is 42.6 Å². The number of benzene rings is 2. The van der Waals surface area contributed by atoms with Crippen LogP contribution in [-0.4, -0.2) is 12.8 Å². The Kier molecular flexibility index (Phi) is 6.05. The van der Waals surface area contributed by atoms with Gasteiger partial charge in [-0.15, -0.1) is 0 Å². The predicted octanol–water partition coefficient (Wildman–Crippen LogP) is 5.22. The van der Waals surface area contributed by atoms with Crippen LogP contribution in [0.4, 0.5) is 5.69 Å². The average molecular weight is 379 g/mol. The SMILES string of the molecule is CCCCOc1ccc(C=Nc2ccc(I)cc2)cc1. The highest BCUT2D eigenvalue weighted by atomic mass is 127. The lowest BCUT2D eigenvalue weighted by Crippen LogP contribution is -1.96. The zero-order chi connectivity index (χ0) is 14.2. The van der Waals surface area contributed by atoms with E-state index in [9.17, 15) is 0 Å². The molecule has 0 saturated carbocycles. The molecular formula is C17H18INO. The number of hydrogen-bond donors (Lipinski definition) is 0. The molecule has 0 aliphatic carbocycles. The second-order valence-electron chi connectivity index (χ2n) is 4.51. The van der Waals surface area contributed by atoms with Gasteiger partial charge in [0, 0.05) is 9.78 Å². The second kappa shape index (κ2) is 8.04. The van der Waals surface area contributed by atoms with E-state index in [2.05, 4.69) is 46.6 Å². The summed E-state index contributed by atoms with van der Waals surface area (Å²) >= 11 is 2.29. The Hall–Kier alpha value is -1.36. The molecule has 0 amide bonds. The Labute approximate surface area is 134 Å². The molecule has 2 nitrogen and oxygen atoms in total. The molecular weight excluding hydrogens is 361 g/mol. The summed E-state index contributed by atoms with van der Waals surface area (Å²) in [6.45, 7) is 2.94. The quantitative estimate of drug-likeness (QED) is 0.383. The molecule has 2 aromatic carbocycles. The van der Waals surface area contributed by atoms with Crippen molar-refractivity contribution >= 4 is 34.5 Å². The maximum atomic E-state index is 5.63. The van der Waals surface area contributed by atoms with Gasteiger partial charge in [-0.2, -0.15) is 0 Å². The first kappa shape index (κ1) is 15.0. The summed E-state index contributed by atoms with van der Waals surface area (Å²) in [5.74, 6) is 0.921. The first-order valence-corrected chi connectivity index (χ1v) is 7.88. The monoisotopic (exact) mass is 379 g/mol. The Morgan fingerprint density at radius 3 is 2.40 bits per heavy atom. The van der Waals surface area contributed by atoms with Crippen molar-refractivity contribution in [2.45, 2.75) is 19.8 Å². The Bertz CT molecular complexity index is 546. The van der Waals surface area contributed by atoms with Gasteiger partial charge in [-0.05, 0) is 83.1 Å². The molecule has 0 atom stereocenters. The lowest BCUT2D eigenvalue weighted by Gasteiger charge is -2.04. The Morgan fingerprint density at radius 1 is 1.05 bits per heavy atom. The summed E-state index contributed by atoms with van der Waals surface area (Å²) in [6.07, 6.45) is 4.12. The molecule has 0 unspecified atom stereocenters. The van der Waals surface area contributed by atoms with Gasteiger partial charge in [0.05, 0.1) is 12.3 Å². The van der Waals surface area contributed by atoms with Crippen LogP contribution in [-0.2, 0) is 0 Å². The fraction of sp³-hybridized carbons (Fsp3) is 0.235. The minimum atomic E-state index is 0.784. The molecule has 0 bridgehead atoms. The van der Waals surface area contributed by atoms with Crippen LogP contribution in [0.2, 0.25) is 0 Å². The minimum Gasteiger partial charge on any atom is -0.494 e. The highest BCUT2D eigenvalue weighted by Crippen LogP contribution is 2.15. The largest absolute Gasteiger partial charge is 0.494 e. The van der Waals surface area contributed by atoms with E-state index in [-0.39, 0.29) is 0 Å². The molecule has 0 aliphatic rings. The lowest BCUT2D eigenvalue weighted by molar-refractivity contribution is 0.309. The van der Waals surface area contributed by atoms with Gasteiger partial charge in [-0.25, -0.2) is 0 Å². The highest BCUT2D eigenvalue weighted by Gasteiger charge is 1.94. The first-order chi connectivity index (χ1) is 9.78. The molecule has 0 radical (unpaired) electrons.